The molecule has 0 aliphatic heterocycles. The molecule has 4 rings (SSSR count). The Labute approximate surface area is 212 Å². The van der Waals surface area contributed by atoms with Crippen molar-refractivity contribution in [3.63, 3.8) is 0 Å². The number of amides is 1. The molecule has 1 aromatic heterocycles. The lowest BCUT2D eigenvalue weighted by Gasteiger charge is -2.12. The van der Waals surface area contributed by atoms with Gasteiger partial charge < -0.3 is 10.6 Å². The van der Waals surface area contributed by atoms with Crippen molar-refractivity contribution < 1.29 is 9.59 Å². The number of nitrogens with zero attached hydrogens (tertiary/aromatic N) is 3. The molecule has 0 aliphatic rings. The number of aryl methyl sites for hydroxylation is 1. The van der Waals surface area contributed by atoms with E-state index in [4.69, 9.17) is 11.6 Å². The van der Waals surface area contributed by atoms with Gasteiger partial charge in [-0.3, -0.25) is 14.2 Å². The second kappa shape index (κ2) is 11.2. The molecule has 35 heavy (non-hydrogen) atoms. The third kappa shape index (κ3) is 6.49. The number of Topliss-reactive ketones (excluding diaryl/α,β-unsaturated/α-hetero) is 1. The summed E-state index contributed by atoms with van der Waals surface area (Å²) in [6, 6.07) is 22.4. The second-order valence-electron chi connectivity index (χ2n) is 7.91. The van der Waals surface area contributed by atoms with Crippen LogP contribution in [0.4, 0.5) is 11.4 Å². The van der Waals surface area contributed by atoms with Crippen LogP contribution < -0.4 is 10.6 Å². The zero-order valence-electron chi connectivity index (χ0n) is 19.3. The standard InChI is InChI=1S/C26H24ClN5O2S/c1-17-9-11-23(12-10-17)32-24(15-28-21-7-4-6-20(27)14-21)30-31-26(32)35-16-25(34)29-22-8-3-5-19(13-22)18(2)33/h3-14,28H,15-16H2,1-2H3,(H,29,34). The van der Waals surface area contributed by atoms with Crippen LogP contribution in [0.2, 0.25) is 5.02 Å². The maximum absolute atomic E-state index is 12.6. The van der Waals surface area contributed by atoms with E-state index >= 15 is 0 Å². The van der Waals surface area contributed by atoms with Gasteiger partial charge in [0.1, 0.15) is 0 Å². The SMILES string of the molecule is CC(=O)c1cccc(NC(=O)CSc2nnc(CNc3cccc(Cl)c3)n2-c2ccc(C)cc2)c1. The Hall–Kier alpha value is -3.62. The van der Waals surface area contributed by atoms with Crippen molar-refractivity contribution in [2.75, 3.05) is 16.4 Å². The molecular formula is C26H24ClN5O2S. The highest BCUT2D eigenvalue weighted by Gasteiger charge is 2.16. The number of thioether (sulfide) groups is 1. The first-order valence-corrected chi connectivity index (χ1v) is 12.3. The monoisotopic (exact) mass is 505 g/mol. The Balaban J connectivity index is 1.50. The number of carbonyl (C=O) groups excluding carboxylic acids is 2. The number of nitrogens with one attached hydrogen (secondary N) is 2. The number of aromatic nitrogens is 3. The quantitative estimate of drug-likeness (QED) is 0.221. The highest BCUT2D eigenvalue weighted by Crippen LogP contribution is 2.24. The predicted octanol–water partition coefficient (Wildman–Crippen LogP) is 5.77. The molecule has 2 N–H and O–H groups in total. The van der Waals surface area contributed by atoms with Crippen LogP contribution in [0.15, 0.2) is 78.0 Å². The minimum atomic E-state index is -0.201. The van der Waals surface area contributed by atoms with Crippen LogP contribution >= 0.6 is 23.4 Å². The van der Waals surface area contributed by atoms with Crippen LogP contribution in [0, 0.1) is 6.92 Å². The smallest absolute Gasteiger partial charge is 0.234 e. The third-order valence-corrected chi connectivity index (χ3v) is 6.32. The van der Waals surface area contributed by atoms with Gasteiger partial charge in [-0.1, -0.05) is 59.3 Å². The summed E-state index contributed by atoms with van der Waals surface area (Å²) in [6.07, 6.45) is 0. The van der Waals surface area contributed by atoms with Crippen LogP contribution in [-0.4, -0.2) is 32.2 Å². The minimum Gasteiger partial charge on any atom is -0.378 e. The molecule has 9 heteroatoms. The summed E-state index contributed by atoms with van der Waals surface area (Å²) >= 11 is 7.38. The fourth-order valence-electron chi connectivity index (χ4n) is 3.38. The van der Waals surface area contributed by atoms with Gasteiger partial charge in [0.25, 0.3) is 0 Å². The van der Waals surface area contributed by atoms with Crippen LogP contribution in [-0.2, 0) is 11.3 Å². The lowest BCUT2D eigenvalue weighted by molar-refractivity contribution is -0.113. The molecule has 0 fully saturated rings. The van der Waals surface area contributed by atoms with Crippen LogP contribution in [0.25, 0.3) is 5.69 Å². The number of hydrogen-bond donors (Lipinski definition) is 2. The molecule has 0 atom stereocenters. The normalized spacial score (nSPS) is 10.7. The maximum atomic E-state index is 12.6. The molecule has 0 saturated heterocycles. The Morgan fingerprint density at radius 1 is 0.971 bits per heavy atom. The number of rotatable bonds is 9. The number of halogens is 1. The van der Waals surface area contributed by atoms with Crippen molar-refractivity contribution >= 4 is 46.4 Å². The third-order valence-electron chi connectivity index (χ3n) is 5.15. The fraction of sp³-hybridized carbons (Fsp3) is 0.154. The van der Waals surface area contributed by atoms with Crippen molar-refractivity contribution in [3.8, 4) is 5.69 Å². The fourth-order valence-corrected chi connectivity index (χ4v) is 4.35. The van der Waals surface area contributed by atoms with Gasteiger partial charge in [-0.15, -0.1) is 10.2 Å². The van der Waals surface area contributed by atoms with Crippen molar-refractivity contribution in [2.24, 2.45) is 0 Å². The van der Waals surface area contributed by atoms with E-state index in [-0.39, 0.29) is 17.4 Å². The van der Waals surface area contributed by atoms with Gasteiger partial charge in [-0.2, -0.15) is 0 Å². The summed E-state index contributed by atoms with van der Waals surface area (Å²) in [4.78, 5) is 24.2. The van der Waals surface area contributed by atoms with Crippen LogP contribution in [0.1, 0.15) is 28.7 Å². The molecule has 0 bridgehead atoms. The van der Waals surface area contributed by atoms with Crippen molar-refractivity contribution in [1.29, 1.82) is 0 Å². The zero-order valence-corrected chi connectivity index (χ0v) is 20.9. The summed E-state index contributed by atoms with van der Waals surface area (Å²) in [7, 11) is 0. The van der Waals surface area contributed by atoms with Gasteiger partial charge in [-0.25, -0.2) is 0 Å². The molecule has 3 aromatic carbocycles. The van der Waals surface area contributed by atoms with Gasteiger partial charge in [-0.05, 0) is 56.3 Å². The largest absolute Gasteiger partial charge is 0.378 e. The first-order chi connectivity index (χ1) is 16.9. The Morgan fingerprint density at radius 3 is 2.46 bits per heavy atom. The predicted molar refractivity (Wildman–Crippen MR) is 141 cm³/mol. The van der Waals surface area contributed by atoms with E-state index in [0.717, 1.165) is 16.9 Å². The van der Waals surface area contributed by atoms with Gasteiger partial charge in [0.05, 0.1) is 12.3 Å². The molecule has 4 aromatic rings. The zero-order chi connectivity index (χ0) is 24.8. The molecule has 7 nitrogen and oxygen atoms in total. The van der Waals surface area contributed by atoms with Gasteiger partial charge in [0.2, 0.25) is 5.91 Å². The first kappa shape index (κ1) is 24.5. The molecule has 0 spiro atoms. The summed E-state index contributed by atoms with van der Waals surface area (Å²) in [5.74, 6) is 0.579. The molecule has 0 saturated carbocycles. The molecular weight excluding hydrogens is 482 g/mol. The average Bonchev–Trinajstić information content (AvgIpc) is 3.25. The molecule has 0 unspecified atom stereocenters. The highest BCUT2D eigenvalue weighted by molar-refractivity contribution is 7.99. The molecule has 178 valence electrons. The summed E-state index contributed by atoms with van der Waals surface area (Å²) in [6.45, 7) is 3.94. The second-order valence-corrected chi connectivity index (χ2v) is 9.29. The highest BCUT2D eigenvalue weighted by atomic mass is 35.5. The lowest BCUT2D eigenvalue weighted by atomic mass is 10.1. The van der Waals surface area contributed by atoms with Crippen LogP contribution in [0.3, 0.4) is 0 Å². The van der Waals surface area contributed by atoms with Crippen molar-refractivity contribution in [2.45, 2.75) is 25.5 Å². The van der Waals surface area contributed by atoms with E-state index in [1.807, 2.05) is 60.0 Å². The van der Waals surface area contributed by atoms with E-state index < -0.39 is 0 Å². The van der Waals surface area contributed by atoms with E-state index in [1.54, 1.807) is 24.3 Å². The van der Waals surface area contributed by atoms with Gasteiger partial charge in [0.15, 0.2) is 16.8 Å². The summed E-state index contributed by atoms with van der Waals surface area (Å²) in [5.41, 5.74) is 4.04. The Kier molecular flexibility index (Phi) is 7.84. The number of ketones is 1. The van der Waals surface area contributed by atoms with Crippen molar-refractivity contribution in [1.82, 2.24) is 14.8 Å². The summed E-state index contributed by atoms with van der Waals surface area (Å²) < 4.78 is 1.94. The maximum Gasteiger partial charge on any atom is 0.234 e. The van der Waals surface area contributed by atoms with E-state index in [9.17, 15) is 9.59 Å². The van der Waals surface area contributed by atoms with Crippen molar-refractivity contribution in [3.05, 3.63) is 94.8 Å². The summed E-state index contributed by atoms with van der Waals surface area (Å²) in [5, 5.41) is 16.1. The Morgan fingerprint density at radius 2 is 1.71 bits per heavy atom. The Bertz CT molecular complexity index is 1350. The van der Waals surface area contributed by atoms with E-state index in [2.05, 4.69) is 20.8 Å². The first-order valence-electron chi connectivity index (χ1n) is 10.9. The number of anilines is 2. The minimum absolute atomic E-state index is 0.0550. The van der Waals surface area contributed by atoms with Gasteiger partial charge >= 0.3 is 0 Å². The average molecular weight is 506 g/mol. The van der Waals surface area contributed by atoms with Crippen LogP contribution in [0.5, 0.6) is 0 Å². The molecule has 0 radical (unpaired) electrons. The van der Waals surface area contributed by atoms with E-state index in [1.165, 1.54) is 18.7 Å². The molecule has 1 amide bonds. The van der Waals surface area contributed by atoms with Gasteiger partial charge in [0, 0.05) is 27.6 Å². The number of carbonyl (C=O) groups is 2. The lowest BCUT2D eigenvalue weighted by Crippen LogP contribution is -2.15. The topological polar surface area (TPSA) is 88.9 Å². The molecule has 1 heterocycles. The molecule has 0 aliphatic carbocycles. The number of hydrogen-bond acceptors (Lipinski definition) is 6. The number of benzene rings is 3. The van der Waals surface area contributed by atoms with E-state index in [0.29, 0.717) is 33.8 Å².